The molecule has 10 heavy (non-hydrogen) atoms. The highest BCUT2D eigenvalue weighted by Crippen LogP contribution is 1.94. The molecule has 0 radical (unpaired) electrons. The summed E-state index contributed by atoms with van der Waals surface area (Å²) >= 11 is 0. The minimum atomic E-state index is 0.789. The quantitative estimate of drug-likeness (QED) is 0.667. The van der Waals surface area contributed by atoms with Crippen molar-refractivity contribution < 1.29 is 0 Å². The van der Waals surface area contributed by atoms with Crippen LogP contribution < -0.4 is 5.32 Å². The van der Waals surface area contributed by atoms with Crippen LogP contribution in [0.2, 0.25) is 0 Å². The summed E-state index contributed by atoms with van der Waals surface area (Å²) in [5, 5.41) is 13.9. The number of rotatable bonds is 3. The van der Waals surface area contributed by atoms with Gasteiger partial charge >= 0.3 is 0 Å². The molecule has 0 saturated carbocycles. The van der Waals surface area contributed by atoms with Gasteiger partial charge in [0, 0.05) is 12.6 Å². The number of aromatic nitrogens is 3. The van der Waals surface area contributed by atoms with Crippen LogP contribution in [0.25, 0.3) is 0 Å². The van der Waals surface area contributed by atoms with E-state index in [2.05, 4.69) is 27.7 Å². The van der Waals surface area contributed by atoms with Crippen molar-refractivity contribution in [2.75, 3.05) is 11.9 Å². The third-order valence-electron chi connectivity index (χ3n) is 1.06. The average Bonchev–Trinajstić information content (AvgIpc) is 2.03. The van der Waals surface area contributed by atoms with Gasteiger partial charge in [-0.1, -0.05) is 6.92 Å². The van der Waals surface area contributed by atoms with Gasteiger partial charge in [-0.15, -0.1) is 10.2 Å². The van der Waals surface area contributed by atoms with E-state index in [0.29, 0.717) is 0 Å². The molecule has 1 N–H and O–H groups in total. The molecular formula is C6H10N4. The predicted molar refractivity (Wildman–Crippen MR) is 38.6 cm³/mol. The van der Waals surface area contributed by atoms with Gasteiger partial charge in [-0.3, -0.25) is 0 Å². The van der Waals surface area contributed by atoms with Crippen LogP contribution in [-0.4, -0.2) is 22.0 Å². The Kier molecular flexibility index (Phi) is 2.61. The maximum absolute atomic E-state index is 3.74. The van der Waals surface area contributed by atoms with Gasteiger partial charge in [0.15, 0.2) is 5.82 Å². The van der Waals surface area contributed by atoms with Crippen molar-refractivity contribution >= 4 is 5.82 Å². The van der Waals surface area contributed by atoms with Gasteiger partial charge in [-0.05, 0) is 11.6 Å². The Labute approximate surface area is 59.7 Å². The van der Waals surface area contributed by atoms with Crippen LogP contribution in [0.4, 0.5) is 5.82 Å². The predicted octanol–water partition coefficient (Wildman–Crippen LogP) is 0.693. The monoisotopic (exact) mass is 138 g/mol. The van der Waals surface area contributed by atoms with Gasteiger partial charge in [0.1, 0.15) is 0 Å². The van der Waals surface area contributed by atoms with Crippen molar-refractivity contribution in [3.63, 3.8) is 0 Å². The van der Waals surface area contributed by atoms with Gasteiger partial charge in [0.05, 0.1) is 6.20 Å². The second-order valence-corrected chi connectivity index (χ2v) is 1.93. The number of hydrogen-bond donors (Lipinski definition) is 1. The van der Waals surface area contributed by atoms with Crippen LogP contribution in [0.3, 0.4) is 0 Å². The summed E-state index contributed by atoms with van der Waals surface area (Å²) in [6.07, 6.45) is 2.70. The third-order valence-corrected chi connectivity index (χ3v) is 1.06. The SMILES string of the molecule is CCCNc1ccnnn1. The van der Waals surface area contributed by atoms with E-state index in [0.717, 1.165) is 18.8 Å². The Morgan fingerprint density at radius 1 is 1.60 bits per heavy atom. The number of hydrogen-bond acceptors (Lipinski definition) is 4. The molecule has 1 rings (SSSR count). The molecule has 0 aromatic carbocycles. The highest BCUT2D eigenvalue weighted by Gasteiger charge is 1.87. The normalized spacial score (nSPS) is 9.30. The fourth-order valence-corrected chi connectivity index (χ4v) is 0.588. The summed E-state index contributed by atoms with van der Waals surface area (Å²) in [5.74, 6) is 0.789. The summed E-state index contributed by atoms with van der Waals surface area (Å²) in [6, 6.07) is 1.79. The molecule has 4 heteroatoms. The second-order valence-electron chi connectivity index (χ2n) is 1.93. The molecule has 54 valence electrons. The first-order valence-electron chi connectivity index (χ1n) is 3.31. The molecule has 1 heterocycles. The molecule has 0 aliphatic carbocycles. The zero-order valence-corrected chi connectivity index (χ0v) is 5.91. The maximum Gasteiger partial charge on any atom is 0.152 e. The molecule has 0 saturated heterocycles. The Balaban J connectivity index is 2.43. The third kappa shape index (κ3) is 1.97. The first-order chi connectivity index (χ1) is 4.93. The summed E-state index contributed by atoms with van der Waals surface area (Å²) in [5.41, 5.74) is 0. The van der Waals surface area contributed by atoms with E-state index in [1.165, 1.54) is 0 Å². The van der Waals surface area contributed by atoms with Gasteiger partial charge in [-0.25, -0.2) is 0 Å². The lowest BCUT2D eigenvalue weighted by Crippen LogP contribution is -2.02. The van der Waals surface area contributed by atoms with E-state index in [9.17, 15) is 0 Å². The maximum atomic E-state index is 3.74. The zero-order chi connectivity index (χ0) is 7.23. The summed E-state index contributed by atoms with van der Waals surface area (Å²) < 4.78 is 0. The van der Waals surface area contributed by atoms with Gasteiger partial charge in [0.2, 0.25) is 0 Å². The van der Waals surface area contributed by atoms with Gasteiger partial charge in [-0.2, -0.15) is 0 Å². The van der Waals surface area contributed by atoms with E-state index in [-0.39, 0.29) is 0 Å². The van der Waals surface area contributed by atoms with E-state index < -0.39 is 0 Å². The molecule has 0 atom stereocenters. The van der Waals surface area contributed by atoms with Crippen molar-refractivity contribution in [3.8, 4) is 0 Å². The fourth-order valence-electron chi connectivity index (χ4n) is 0.588. The van der Waals surface area contributed by atoms with Crippen LogP contribution in [0.15, 0.2) is 12.3 Å². The lowest BCUT2D eigenvalue weighted by molar-refractivity contribution is 0.854. The van der Waals surface area contributed by atoms with Crippen molar-refractivity contribution in [2.45, 2.75) is 13.3 Å². The van der Waals surface area contributed by atoms with Crippen LogP contribution in [0.5, 0.6) is 0 Å². The molecule has 1 aromatic heterocycles. The van der Waals surface area contributed by atoms with Crippen LogP contribution in [0, 0.1) is 0 Å². The van der Waals surface area contributed by atoms with Crippen molar-refractivity contribution in [1.82, 2.24) is 15.4 Å². The minimum Gasteiger partial charge on any atom is -0.368 e. The molecular weight excluding hydrogens is 128 g/mol. The van der Waals surface area contributed by atoms with Crippen molar-refractivity contribution in [3.05, 3.63) is 12.3 Å². The first-order valence-corrected chi connectivity index (χ1v) is 3.31. The summed E-state index contributed by atoms with van der Waals surface area (Å²) in [7, 11) is 0. The first kappa shape index (κ1) is 6.92. The van der Waals surface area contributed by atoms with Gasteiger partial charge < -0.3 is 5.32 Å². The topological polar surface area (TPSA) is 50.7 Å². The fraction of sp³-hybridized carbons (Fsp3) is 0.500. The molecule has 0 aliphatic rings. The summed E-state index contributed by atoms with van der Waals surface area (Å²) in [4.78, 5) is 0. The molecule has 0 unspecified atom stereocenters. The average molecular weight is 138 g/mol. The standard InChI is InChI=1S/C6H10N4/c1-2-4-7-6-3-5-8-10-9-6/h3,5H,2,4H2,1H3,(H,7,8,9). The zero-order valence-electron chi connectivity index (χ0n) is 5.91. The largest absolute Gasteiger partial charge is 0.368 e. The highest BCUT2D eigenvalue weighted by molar-refractivity contribution is 5.29. The number of nitrogens with one attached hydrogen (secondary N) is 1. The van der Waals surface area contributed by atoms with Crippen LogP contribution >= 0.6 is 0 Å². The highest BCUT2D eigenvalue weighted by atomic mass is 15.3. The molecule has 0 bridgehead atoms. The summed E-state index contributed by atoms with van der Waals surface area (Å²) in [6.45, 7) is 3.03. The van der Waals surface area contributed by atoms with E-state index in [1.807, 2.05) is 0 Å². The van der Waals surface area contributed by atoms with E-state index >= 15 is 0 Å². The van der Waals surface area contributed by atoms with E-state index in [1.54, 1.807) is 12.3 Å². The Bertz CT molecular complexity index is 174. The second kappa shape index (κ2) is 3.76. The van der Waals surface area contributed by atoms with Gasteiger partial charge in [0.25, 0.3) is 0 Å². The number of anilines is 1. The van der Waals surface area contributed by atoms with Crippen LogP contribution in [0.1, 0.15) is 13.3 Å². The molecule has 4 nitrogen and oxygen atoms in total. The molecule has 1 aromatic rings. The smallest absolute Gasteiger partial charge is 0.152 e. The molecule has 0 amide bonds. The lowest BCUT2D eigenvalue weighted by Gasteiger charge is -1.98. The molecule has 0 spiro atoms. The lowest BCUT2D eigenvalue weighted by atomic mass is 10.5. The Morgan fingerprint density at radius 3 is 3.10 bits per heavy atom. The van der Waals surface area contributed by atoms with Crippen LogP contribution in [-0.2, 0) is 0 Å². The molecule has 0 aliphatic heterocycles. The van der Waals surface area contributed by atoms with Crippen molar-refractivity contribution in [2.24, 2.45) is 0 Å². The van der Waals surface area contributed by atoms with Crippen molar-refractivity contribution in [1.29, 1.82) is 0 Å². The molecule has 0 fully saturated rings. The van der Waals surface area contributed by atoms with E-state index in [4.69, 9.17) is 0 Å². The Morgan fingerprint density at radius 2 is 2.50 bits per heavy atom. The minimum absolute atomic E-state index is 0.789. The number of nitrogens with zero attached hydrogens (tertiary/aromatic N) is 3. The Hall–Kier alpha value is -1.19.